The lowest BCUT2D eigenvalue weighted by Gasteiger charge is -2.40. The zero-order chi connectivity index (χ0) is 24.1. The maximum Gasteiger partial charge on any atom is 0.337 e. The van der Waals surface area contributed by atoms with Crippen LogP contribution in [0.2, 0.25) is 5.02 Å². The number of nitrogens with one attached hydrogen (secondary N) is 1. The zero-order valence-corrected chi connectivity index (χ0v) is 19.8. The first-order valence-electron chi connectivity index (χ1n) is 11.4. The molecule has 0 spiro atoms. The molecule has 0 bridgehead atoms. The molecule has 1 aliphatic rings. The molecule has 34 heavy (non-hydrogen) atoms. The van der Waals surface area contributed by atoms with Crippen molar-refractivity contribution in [2.24, 2.45) is 0 Å². The molecule has 3 aromatic carbocycles. The smallest absolute Gasteiger partial charge is 0.337 e. The first-order chi connectivity index (χ1) is 16.5. The fourth-order valence-electron chi connectivity index (χ4n) is 4.39. The Bertz CT molecular complexity index is 1140. The first kappa shape index (κ1) is 23.8. The zero-order valence-electron chi connectivity index (χ0n) is 19.1. The molecule has 1 amide bonds. The van der Waals surface area contributed by atoms with E-state index in [9.17, 15) is 14.7 Å². The summed E-state index contributed by atoms with van der Waals surface area (Å²) in [6, 6.07) is 23.8. The summed E-state index contributed by atoms with van der Waals surface area (Å²) in [6.07, 6.45) is 0.291. The van der Waals surface area contributed by atoms with Gasteiger partial charge in [0.2, 0.25) is 5.91 Å². The third-order valence-corrected chi connectivity index (χ3v) is 6.43. The molecule has 0 aliphatic carbocycles. The summed E-state index contributed by atoms with van der Waals surface area (Å²) in [5.74, 6) is -1.27. The van der Waals surface area contributed by atoms with Crippen molar-refractivity contribution >= 4 is 34.9 Å². The van der Waals surface area contributed by atoms with Crippen molar-refractivity contribution in [2.45, 2.75) is 19.4 Å². The molecule has 3 aromatic rings. The van der Waals surface area contributed by atoms with Crippen LogP contribution in [0.5, 0.6) is 0 Å². The quantitative estimate of drug-likeness (QED) is 0.483. The highest BCUT2D eigenvalue weighted by atomic mass is 35.5. The summed E-state index contributed by atoms with van der Waals surface area (Å²) < 4.78 is 0. The molecule has 1 saturated heterocycles. The van der Waals surface area contributed by atoms with Gasteiger partial charge < -0.3 is 15.3 Å². The van der Waals surface area contributed by atoms with E-state index in [0.29, 0.717) is 17.1 Å². The second-order valence-corrected chi connectivity index (χ2v) is 8.76. The highest BCUT2D eigenvalue weighted by Crippen LogP contribution is 2.32. The van der Waals surface area contributed by atoms with Crippen LogP contribution in [0.25, 0.3) is 0 Å². The van der Waals surface area contributed by atoms with Crippen molar-refractivity contribution in [2.75, 3.05) is 36.4 Å². The van der Waals surface area contributed by atoms with Crippen LogP contribution in [0, 0.1) is 0 Å². The van der Waals surface area contributed by atoms with Crippen LogP contribution in [-0.2, 0) is 4.79 Å². The van der Waals surface area contributed by atoms with Gasteiger partial charge in [0.1, 0.15) is 0 Å². The van der Waals surface area contributed by atoms with Gasteiger partial charge in [-0.15, -0.1) is 0 Å². The van der Waals surface area contributed by atoms with E-state index in [-0.39, 0.29) is 17.5 Å². The van der Waals surface area contributed by atoms with E-state index >= 15 is 0 Å². The number of carboxylic acid groups (broad SMARTS) is 1. The van der Waals surface area contributed by atoms with Crippen molar-refractivity contribution in [3.63, 3.8) is 0 Å². The number of anilines is 2. The summed E-state index contributed by atoms with van der Waals surface area (Å²) in [7, 11) is 0. The van der Waals surface area contributed by atoms with Gasteiger partial charge in [-0.1, -0.05) is 61.0 Å². The van der Waals surface area contributed by atoms with Crippen LogP contribution in [0.15, 0.2) is 72.8 Å². The first-order valence-corrected chi connectivity index (χ1v) is 11.8. The molecule has 0 aromatic heterocycles. The lowest BCUT2D eigenvalue weighted by Crippen LogP contribution is -2.48. The fraction of sp³-hybridized carbons (Fsp3) is 0.259. The van der Waals surface area contributed by atoms with Crippen LogP contribution in [0.3, 0.4) is 0 Å². The topological polar surface area (TPSA) is 72.9 Å². The molecular weight excluding hydrogens is 450 g/mol. The van der Waals surface area contributed by atoms with Gasteiger partial charge >= 0.3 is 5.97 Å². The third-order valence-electron chi connectivity index (χ3n) is 6.17. The largest absolute Gasteiger partial charge is 0.478 e. The molecule has 1 aliphatic heterocycles. The number of nitrogens with zero attached hydrogens (tertiary/aromatic N) is 2. The van der Waals surface area contributed by atoms with Crippen LogP contribution in [0.4, 0.5) is 11.4 Å². The molecule has 6 nitrogen and oxygen atoms in total. The highest BCUT2D eigenvalue weighted by molar-refractivity contribution is 6.30. The molecule has 1 atom stereocenters. The summed E-state index contributed by atoms with van der Waals surface area (Å²) in [5, 5.41) is 13.1. The van der Waals surface area contributed by atoms with Gasteiger partial charge in [0.05, 0.1) is 17.3 Å². The number of carbonyl (C=O) groups is 2. The molecule has 7 heteroatoms. The van der Waals surface area contributed by atoms with Crippen molar-refractivity contribution in [3.05, 3.63) is 94.5 Å². The minimum absolute atomic E-state index is 0.102. The number of halogens is 1. The van der Waals surface area contributed by atoms with Crippen molar-refractivity contribution < 1.29 is 14.7 Å². The summed E-state index contributed by atoms with van der Waals surface area (Å²) in [5.41, 5.74) is 3.68. The van der Waals surface area contributed by atoms with Gasteiger partial charge in [0.25, 0.3) is 0 Å². The number of amides is 1. The Kier molecular flexibility index (Phi) is 7.50. The Hall–Kier alpha value is -3.35. The Morgan fingerprint density at radius 1 is 0.941 bits per heavy atom. The second kappa shape index (κ2) is 10.7. The number of piperazine rings is 1. The molecule has 0 unspecified atom stereocenters. The van der Waals surface area contributed by atoms with Crippen LogP contribution >= 0.6 is 11.6 Å². The molecule has 0 saturated carbocycles. The lowest BCUT2D eigenvalue weighted by molar-refractivity contribution is -0.115. The number of carbonyl (C=O) groups excluding carboxylic acids is 1. The normalized spacial score (nSPS) is 15.1. The van der Waals surface area contributed by atoms with Gasteiger partial charge in [-0.05, 0) is 41.5 Å². The highest BCUT2D eigenvalue weighted by Gasteiger charge is 2.27. The molecule has 0 radical (unpaired) electrons. The second-order valence-electron chi connectivity index (χ2n) is 8.32. The predicted octanol–water partition coefficient (Wildman–Crippen LogP) is 5.30. The van der Waals surface area contributed by atoms with Gasteiger partial charge in [0, 0.05) is 43.3 Å². The fourth-order valence-corrected chi connectivity index (χ4v) is 4.51. The number of carboxylic acids is 1. The Morgan fingerprint density at radius 3 is 2.21 bits per heavy atom. The summed E-state index contributed by atoms with van der Waals surface area (Å²) in [4.78, 5) is 28.2. The van der Waals surface area contributed by atoms with Gasteiger partial charge in [-0.3, -0.25) is 9.69 Å². The van der Waals surface area contributed by atoms with E-state index in [1.165, 1.54) is 11.1 Å². The number of aromatic carboxylic acids is 1. The Balaban J connectivity index is 1.53. The minimum Gasteiger partial charge on any atom is -0.478 e. The molecule has 1 heterocycles. The van der Waals surface area contributed by atoms with Gasteiger partial charge in [-0.25, -0.2) is 4.79 Å². The van der Waals surface area contributed by atoms with E-state index in [1.807, 2.05) is 24.3 Å². The maximum atomic E-state index is 11.8. The van der Waals surface area contributed by atoms with E-state index in [1.54, 1.807) is 19.1 Å². The molecular formula is C27H28ClN3O3. The molecule has 4 rings (SSSR count). The summed E-state index contributed by atoms with van der Waals surface area (Å²) in [6.45, 7) is 4.89. The van der Waals surface area contributed by atoms with E-state index in [4.69, 9.17) is 11.6 Å². The standard InChI is InChI=1S/C27H28ClN3O3/c1-2-25(32)29-24-13-12-22(18-23(24)27(33)34)30-14-16-31(17-15-30)26(19-6-4-3-5-7-19)20-8-10-21(28)11-9-20/h3-13,18,26H,2,14-17H2,1H3,(H,29,32)(H,33,34)/t26-/m1/s1. The van der Waals surface area contributed by atoms with Crippen molar-refractivity contribution in [1.82, 2.24) is 4.90 Å². The number of rotatable bonds is 7. The van der Waals surface area contributed by atoms with Crippen LogP contribution < -0.4 is 10.2 Å². The van der Waals surface area contributed by atoms with E-state index < -0.39 is 5.97 Å². The third kappa shape index (κ3) is 5.41. The van der Waals surface area contributed by atoms with Crippen LogP contribution in [-0.4, -0.2) is 48.1 Å². The number of hydrogen-bond acceptors (Lipinski definition) is 4. The SMILES string of the molecule is CCC(=O)Nc1ccc(N2CCN([C@H](c3ccccc3)c3ccc(Cl)cc3)CC2)cc1C(=O)O. The molecule has 176 valence electrons. The van der Waals surface area contributed by atoms with Gasteiger partial charge in [-0.2, -0.15) is 0 Å². The molecule has 2 N–H and O–H groups in total. The average Bonchev–Trinajstić information content (AvgIpc) is 2.86. The van der Waals surface area contributed by atoms with Gasteiger partial charge in [0.15, 0.2) is 0 Å². The van der Waals surface area contributed by atoms with Crippen LogP contribution in [0.1, 0.15) is 40.9 Å². The van der Waals surface area contributed by atoms with E-state index in [0.717, 1.165) is 31.9 Å². The molecule has 1 fully saturated rings. The lowest BCUT2D eigenvalue weighted by atomic mass is 9.96. The van der Waals surface area contributed by atoms with E-state index in [2.05, 4.69) is 51.5 Å². The van der Waals surface area contributed by atoms with Crippen molar-refractivity contribution in [3.8, 4) is 0 Å². The monoisotopic (exact) mass is 477 g/mol. The van der Waals surface area contributed by atoms with Crippen molar-refractivity contribution in [1.29, 1.82) is 0 Å². The maximum absolute atomic E-state index is 11.8. The Labute approximate surface area is 204 Å². The number of benzene rings is 3. The average molecular weight is 478 g/mol. The number of hydrogen-bond donors (Lipinski definition) is 2. The Morgan fingerprint density at radius 2 is 1.59 bits per heavy atom. The summed E-state index contributed by atoms with van der Waals surface area (Å²) >= 11 is 6.13. The minimum atomic E-state index is -1.06. The predicted molar refractivity (Wildman–Crippen MR) is 136 cm³/mol.